The van der Waals surface area contributed by atoms with Gasteiger partial charge in [-0.2, -0.15) is 0 Å². The number of aryl methyl sites for hydroxylation is 1. The van der Waals surface area contributed by atoms with E-state index in [2.05, 4.69) is 55.0 Å². The van der Waals surface area contributed by atoms with Crippen LogP contribution in [0.1, 0.15) is 60.7 Å². The minimum Gasteiger partial charge on any atom is -0.462 e. The number of nitrogens with zero attached hydrogens (tertiary/aromatic N) is 2. The highest BCUT2D eigenvalue weighted by Crippen LogP contribution is 2.26. The Morgan fingerprint density at radius 1 is 0.967 bits per heavy atom. The van der Waals surface area contributed by atoms with E-state index < -0.39 is 5.97 Å². The first-order valence-electron chi connectivity index (χ1n) is 10.2. The molecular weight excluding hydrogens is 372 g/mol. The molecule has 4 heteroatoms. The van der Waals surface area contributed by atoms with Gasteiger partial charge < -0.3 is 4.74 Å². The van der Waals surface area contributed by atoms with Gasteiger partial charge in [0.1, 0.15) is 5.56 Å². The maximum atomic E-state index is 12.5. The summed E-state index contributed by atoms with van der Waals surface area (Å²) in [4.78, 5) is 21.8. The molecule has 1 heterocycles. The van der Waals surface area contributed by atoms with Crippen molar-refractivity contribution < 1.29 is 9.53 Å². The third-order valence-corrected chi connectivity index (χ3v) is 4.84. The third-order valence-electron chi connectivity index (χ3n) is 4.84. The Balaban J connectivity index is 1.99. The van der Waals surface area contributed by atoms with Crippen LogP contribution >= 0.6 is 0 Å². The van der Waals surface area contributed by atoms with Gasteiger partial charge in [0.15, 0.2) is 5.82 Å². The molecule has 0 radical (unpaired) electrons. The molecule has 0 spiro atoms. The second-order valence-electron chi connectivity index (χ2n) is 8.18. The molecule has 0 aliphatic heterocycles. The summed E-state index contributed by atoms with van der Waals surface area (Å²) in [5.41, 5.74) is 4.94. The van der Waals surface area contributed by atoms with E-state index in [9.17, 15) is 4.79 Å². The van der Waals surface area contributed by atoms with Crippen LogP contribution in [-0.2, 0) is 10.2 Å². The maximum absolute atomic E-state index is 12.5. The molecule has 0 saturated carbocycles. The molecule has 0 aliphatic rings. The highest BCUT2D eigenvalue weighted by molar-refractivity contribution is 5.97. The fourth-order valence-corrected chi connectivity index (χ4v) is 3.19. The summed E-state index contributed by atoms with van der Waals surface area (Å²) in [5.74, 6) is 0.154. The maximum Gasteiger partial charge on any atom is 0.342 e. The molecule has 0 N–H and O–H groups in total. The van der Waals surface area contributed by atoms with Gasteiger partial charge in [-0.25, -0.2) is 14.8 Å². The number of aromatic nitrogens is 2. The largest absolute Gasteiger partial charge is 0.462 e. The fourth-order valence-electron chi connectivity index (χ4n) is 3.19. The van der Waals surface area contributed by atoms with Crippen LogP contribution < -0.4 is 0 Å². The van der Waals surface area contributed by atoms with Crippen molar-refractivity contribution in [2.75, 3.05) is 6.61 Å². The zero-order valence-electron chi connectivity index (χ0n) is 18.3. The molecule has 0 bridgehead atoms. The first-order chi connectivity index (χ1) is 14.3. The summed E-state index contributed by atoms with van der Waals surface area (Å²) in [6, 6.07) is 18.1. The van der Waals surface area contributed by atoms with Gasteiger partial charge >= 0.3 is 5.97 Å². The molecule has 3 aromatic rings. The van der Waals surface area contributed by atoms with Gasteiger partial charge in [-0.05, 0) is 36.5 Å². The van der Waals surface area contributed by atoms with Crippen molar-refractivity contribution in [3.8, 4) is 11.3 Å². The van der Waals surface area contributed by atoms with Crippen molar-refractivity contribution >= 4 is 18.1 Å². The summed E-state index contributed by atoms with van der Waals surface area (Å²) in [7, 11) is 0. The summed E-state index contributed by atoms with van der Waals surface area (Å²) in [6.45, 7) is 10.5. The summed E-state index contributed by atoms with van der Waals surface area (Å²) in [6.07, 6.45) is 3.86. The molecule has 0 unspecified atom stereocenters. The highest BCUT2D eigenvalue weighted by atomic mass is 16.5. The number of ether oxygens (including phenoxy) is 1. The van der Waals surface area contributed by atoms with E-state index in [1.54, 1.807) is 6.92 Å². The molecule has 154 valence electrons. The molecule has 4 nitrogen and oxygen atoms in total. The van der Waals surface area contributed by atoms with Crippen molar-refractivity contribution in [3.05, 3.63) is 82.8 Å². The van der Waals surface area contributed by atoms with E-state index in [0.717, 1.165) is 11.1 Å². The summed E-state index contributed by atoms with van der Waals surface area (Å²) < 4.78 is 5.24. The Bertz CT molecular complexity index is 1050. The lowest BCUT2D eigenvalue weighted by molar-refractivity contribution is 0.0525. The molecule has 0 aliphatic carbocycles. The number of esters is 1. The lowest BCUT2D eigenvalue weighted by Crippen LogP contribution is -2.12. The molecule has 0 amide bonds. The minimum atomic E-state index is -0.401. The van der Waals surface area contributed by atoms with Crippen LogP contribution in [0.3, 0.4) is 0 Å². The molecule has 2 aromatic carbocycles. The molecule has 1 aromatic heterocycles. The van der Waals surface area contributed by atoms with Crippen molar-refractivity contribution in [2.45, 2.75) is 40.0 Å². The number of hydrogen-bond donors (Lipinski definition) is 0. The Morgan fingerprint density at radius 2 is 1.63 bits per heavy atom. The Morgan fingerprint density at radius 3 is 2.23 bits per heavy atom. The van der Waals surface area contributed by atoms with Crippen molar-refractivity contribution in [3.63, 3.8) is 0 Å². The Hall–Kier alpha value is -3.27. The number of hydrogen-bond acceptors (Lipinski definition) is 4. The minimum absolute atomic E-state index is 0.121. The van der Waals surface area contributed by atoms with E-state index >= 15 is 0 Å². The quantitative estimate of drug-likeness (QED) is 0.486. The summed E-state index contributed by atoms with van der Waals surface area (Å²) >= 11 is 0. The van der Waals surface area contributed by atoms with Crippen LogP contribution in [0.2, 0.25) is 0 Å². The monoisotopic (exact) mass is 400 g/mol. The van der Waals surface area contributed by atoms with Crippen molar-refractivity contribution in [1.29, 1.82) is 0 Å². The lowest BCUT2D eigenvalue weighted by atomic mass is 9.87. The van der Waals surface area contributed by atoms with Crippen molar-refractivity contribution in [1.82, 2.24) is 9.97 Å². The lowest BCUT2D eigenvalue weighted by Gasteiger charge is -2.18. The number of carbonyl (C=O) groups excluding carboxylic acids is 1. The second kappa shape index (κ2) is 9.04. The SMILES string of the molecule is CCOC(=O)c1c(C)nc(/C=C/c2ccc(C(C)(C)C)cc2)nc1-c1ccccc1. The predicted octanol–water partition coefficient (Wildman–Crippen LogP) is 6.10. The van der Waals surface area contributed by atoms with Crippen LogP contribution in [0, 0.1) is 6.92 Å². The number of carbonyl (C=O) groups is 1. The zero-order valence-corrected chi connectivity index (χ0v) is 18.3. The van der Waals surface area contributed by atoms with E-state index in [0.29, 0.717) is 29.4 Å². The average Bonchev–Trinajstić information content (AvgIpc) is 2.72. The van der Waals surface area contributed by atoms with E-state index in [1.165, 1.54) is 5.56 Å². The van der Waals surface area contributed by atoms with Gasteiger partial charge in [-0.1, -0.05) is 81.4 Å². The molecular formula is C26H28N2O2. The summed E-state index contributed by atoms with van der Waals surface area (Å²) in [5, 5.41) is 0. The van der Waals surface area contributed by atoms with E-state index in [-0.39, 0.29) is 5.41 Å². The van der Waals surface area contributed by atoms with E-state index in [1.807, 2.05) is 49.4 Å². The first-order valence-corrected chi connectivity index (χ1v) is 10.2. The molecule has 3 rings (SSSR count). The van der Waals surface area contributed by atoms with Gasteiger partial charge in [0.25, 0.3) is 0 Å². The number of rotatable bonds is 5. The van der Waals surface area contributed by atoms with E-state index in [4.69, 9.17) is 4.74 Å². The van der Waals surface area contributed by atoms with Crippen LogP contribution in [-0.4, -0.2) is 22.5 Å². The Labute approximate surface area is 178 Å². The van der Waals surface area contributed by atoms with Crippen LogP contribution in [0.15, 0.2) is 54.6 Å². The predicted molar refractivity (Wildman–Crippen MR) is 122 cm³/mol. The normalized spacial score (nSPS) is 11.6. The van der Waals surface area contributed by atoms with Gasteiger partial charge in [-0.15, -0.1) is 0 Å². The van der Waals surface area contributed by atoms with Crippen molar-refractivity contribution in [2.24, 2.45) is 0 Å². The fraction of sp³-hybridized carbons (Fsp3) is 0.269. The Kier molecular flexibility index (Phi) is 6.46. The highest BCUT2D eigenvalue weighted by Gasteiger charge is 2.20. The van der Waals surface area contributed by atoms with Gasteiger partial charge in [0.2, 0.25) is 0 Å². The van der Waals surface area contributed by atoms with Gasteiger partial charge in [-0.3, -0.25) is 0 Å². The van der Waals surface area contributed by atoms with Crippen LogP contribution in [0.5, 0.6) is 0 Å². The topological polar surface area (TPSA) is 52.1 Å². The standard InChI is InChI=1S/C26H28N2O2/c1-6-30-25(29)23-18(2)27-22(28-24(23)20-10-8-7-9-11-20)17-14-19-12-15-21(16-13-19)26(3,4)5/h7-17H,6H2,1-5H3/b17-14+. The first kappa shape index (κ1) is 21.4. The smallest absolute Gasteiger partial charge is 0.342 e. The average molecular weight is 401 g/mol. The second-order valence-corrected chi connectivity index (χ2v) is 8.18. The molecule has 0 saturated heterocycles. The molecule has 0 fully saturated rings. The third kappa shape index (κ3) is 5.01. The number of benzene rings is 2. The zero-order chi connectivity index (χ0) is 21.7. The van der Waals surface area contributed by atoms with Crippen LogP contribution in [0.4, 0.5) is 0 Å². The molecule has 0 atom stereocenters. The molecule has 30 heavy (non-hydrogen) atoms. The van der Waals surface area contributed by atoms with Gasteiger partial charge in [0.05, 0.1) is 18.0 Å². The van der Waals surface area contributed by atoms with Gasteiger partial charge in [0, 0.05) is 5.56 Å². The van der Waals surface area contributed by atoms with Crippen LogP contribution in [0.25, 0.3) is 23.4 Å².